The number of hydrogen-bond acceptors (Lipinski definition) is 5. The summed E-state index contributed by atoms with van der Waals surface area (Å²) >= 11 is 0. The Bertz CT molecular complexity index is 1630. The van der Waals surface area contributed by atoms with Gasteiger partial charge in [-0.05, 0) is 68.1 Å². The first-order chi connectivity index (χ1) is 19.4. The number of carbonyl (C=O) groups is 3. The molecule has 3 aromatic rings. The fourth-order valence-electron chi connectivity index (χ4n) is 7.97. The number of hydrogen-bond donors (Lipinski definition) is 2. The van der Waals surface area contributed by atoms with Gasteiger partial charge in [-0.15, -0.1) is 0 Å². The maximum absolute atomic E-state index is 14.8. The van der Waals surface area contributed by atoms with E-state index in [1.807, 2.05) is 50.2 Å². The molecule has 4 atom stereocenters. The van der Waals surface area contributed by atoms with Gasteiger partial charge in [-0.1, -0.05) is 55.1 Å². The summed E-state index contributed by atoms with van der Waals surface area (Å²) in [4.78, 5) is 46.2. The standard InChI is InChI=1S/C33H31N3O4/c1-4-17-40-22-10-7-9-21(18-22)29(37)27-26-13-8-16-36(26)33(24-15-14-19(2)20(3)28(24)35-31(33)39)32(27)23-11-5-6-12-25(23)34-30(32)38/h4-7,9-12,14-15,18,26-27H,1,8,13,16-17H2,2-3H3,(H,34,38)(H,35,39)/t26-,27-,32+,33+/m0/s1. The SMILES string of the molecule is C=CCOc1cccc(C(=O)[C@@H]2[C@@H]3CCCN3[C@]3(C(=O)Nc4c3ccc(C)c4C)[C@@]23C(=O)Nc2ccccc23)c1. The third-order valence-corrected chi connectivity index (χ3v) is 9.57. The normalized spacial score (nSPS) is 27.9. The minimum atomic E-state index is -1.46. The van der Waals surface area contributed by atoms with Gasteiger partial charge in [-0.2, -0.15) is 0 Å². The van der Waals surface area contributed by atoms with Gasteiger partial charge in [0.05, 0.1) is 5.92 Å². The van der Waals surface area contributed by atoms with E-state index in [9.17, 15) is 14.4 Å². The van der Waals surface area contributed by atoms with Crippen LogP contribution in [0.25, 0.3) is 0 Å². The molecular weight excluding hydrogens is 502 g/mol. The molecule has 0 aromatic heterocycles. The zero-order valence-electron chi connectivity index (χ0n) is 22.6. The van der Waals surface area contributed by atoms with Crippen molar-refractivity contribution in [1.82, 2.24) is 4.90 Å². The van der Waals surface area contributed by atoms with Crippen molar-refractivity contribution in [3.8, 4) is 5.75 Å². The summed E-state index contributed by atoms with van der Waals surface area (Å²) in [5.41, 5.74) is 2.55. The summed E-state index contributed by atoms with van der Waals surface area (Å²) in [7, 11) is 0. The highest BCUT2D eigenvalue weighted by Gasteiger charge is 2.81. The summed E-state index contributed by atoms with van der Waals surface area (Å²) < 4.78 is 5.75. The third-order valence-electron chi connectivity index (χ3n) is 9.57. The second-order valence-electron chi connectivity index (χ2n) is 11.3. The summed E-state index contributed by atoms with van der Waals surface area (Å²) in [6.07, 6.45) is 3.21. The number of aryl methyl sites for hydroxylation is 1. The first-order valence-corrected chi connectivity index (χ1v) is 13.8. The second-order valence-corrected chi connectivity index (χ2v) is 11.3. The molecule has 4 aliphatic rings. The van der Waals surface area contributed by atoms with Crippen LogP contribution in [0.1, 0.15) is 45.5 Å². The third kappa shape index (κ3) is 2.85. The summed E-state index contributed by atoms with van der Waals surface area (Å²) in [5.74, 6) is -0.932. The molecule has 0 bridgehead atoms. The predicted molar refractivity (Wildman–Crippen MR) is 153 cm³/mol. The van der Waals surface area contributed by atoms with E-state index in [-0.39, 0.29) is 23.6 Å². The molecule has 7 rings (SSSR count). The molecule has 2 fully saturated rings. The van der Waals surface area contributed by atoms with Gasteiger partial charge in [-0.3, -0.25) is 19.3 Å². The number of amides is 2. The largest absolute Gasteiger partial charge is 0.490 e. The van der Waals surface area contributed by atoms with Crippen LogP contribution in [0.5, 0.6) is 5.75 Å². The Kier molecular flexibility index (Phi) is 5.35. The van der Waals surface area contributed by atoms with Gasteiger partial charge in [0.15, 0.2) is 5.78 Å². The first kappa shape index (κ1) is 24.8. The fourth-order valence-corrected chi connectivity index (χ4v) is 7.97. The lowest BCUT2D eigenvalue weighted by Crippen LogP contribution is -2.62. The molecule has 4 aliphatic heterocycles. The maximum atomic E-state index is 14.8. The molecule has 0 radical (unpaired) electrons. The zero-order valence-corrected chi connectivity index (χ0v) is 22.6. The van der Waals surface area contributed by atoms with Crippen LogP contribution < -0.4 is 15.4 Å². The number of benzene rings is 3. The molecule has 2 spiro atoms. The molecule has 0 aliphatic carbocycles. The first-order valence-electron chi connectivity index (χ1n) is 13.8. The average Bonchev–Trinajstić information content (AvgIpc) is 3.68. The van der Waals surface area contributed by atoms with Gasteiger partial charge in [0.25, 0.3) is 5.91 Å². The highest BCUT2D eigenvalue weighted by molar-refractivity contribution is 6.21. The Balaban J connectivity index is 1.53. The highest BCUT2D eigenvalue weighted by Crippen LogP contribution is 2.68. The smallest absolute Gasteiger partial charge is 0.251 e. The van der Waals surface area contributed by atoms with Crippen LogP contribution in [0, 0.1) is 19.8 Å². The molecule has 0 unspecified atom stereocenters. The van der Waals surface area contributed by atoms with E-state index in [1.54, 1.807) is 30.3 Å². The number of nitrogens with zero attached hydrogens (tertiary/aromatic N) is 1. The topological polar surface area (TPSA) is 87.7 Å². The second kappa shape index (κ2) is 8.63. The van der Waals surface area contributed by atoms with Gasteiger partial charge in [0.1, 0.15) is 23.3 Å². The Hall–Kier alpha value is -4.23. The quantitative estimate of drug-likeness (QED) is 0.361. The maximum Gasteiger partial charge on any atom is 0.251 e. The molecule has 2 N–H and O–H groups in total. The Labute approximate surface area is 233 Å². The van der Waals surface area contributed by atoms with E-state index in [0.717, 1.165) is 35.2 Å². The Morgan fingerprint density at radius 1 is 1.05 bits per heavy atom. The molecule has 40 heavy (non-hydrogen) atoms. The molecule has 202 valence electrons. The number of rotatable bonds is 5. The molecule has 4 heterocycles. The molecule has 7 heteroatoms. The van der Waals surface area contributed by atoms with Crippen molar-refractivity contribution in [2.24, 2.45) is 5.92 Å². The minimum absolute atomic E-state index is 0.158. The number of nitrogens with one attached hydrogen (secondary N) is 2. The monoisotopic (exact) mass is 533 g/mol. The van der Waals surface area contributed by atoms with Crippen molar-refractivity contribution < 1.29 is 19.1 Å². The van der Waals surface area contributed by atoms with Gasteiger partial charge in [0.2, 0.25) is 5.91 Å². The molecular formula is C33H31N3O4. The fraction of sp³-hybridized carbons (Fsp3) is 0.303. The predicted octanol–water partition coefficient (Wildman–Crippen LogP) is 4.88. The number of ether oxygens (including phenoxy) is 1. The van der Waals surface area contributed by atoms with Gasteiger partial charge < -0.3 is 15.4 Å². The molecule has 0 saturated carbocycles. The zero-order chi connectivity index (χ0) is 27.8. The minimum Gasteiger partial charge on any atom is -0.490 e. The summed E-state index contributed by atoms with van der Waals surface area (Å²) in [5, 5.41) is 6.27. The summed E-state index contributed by atoms with van der Waals surface area (Å²) in [6, 6.07) is 18.3. The van der Waals surface area contributed by atoms with Crippen molar-refractivity contribution in [1.29, 1.82) is 0 Å². The Morgan fingerprint density at radius 2 is 1.88 bits per heavy atom. The average molecular weight is 534 g/mol. The van der Waals surface area contributed by atoms with E-state index in [1.165, 1.54) is 0 Å². The van der Waals surface area contributed by atoms with Gasteiger partial charge >= 0.3 is 0 Å². The molecule has 2 amide bonds. The van der Waals surface area contributed by atoms with E-state index < -0.39 is 16.9 Å². The van der Waals surface area contributed by atoms with Gasteiger partial charge in [-0.25, -0.2) is 0 Å². The van der Waals surface area contributed by atoms with E-state index >= 15 is 0 Å². The van der Waals surface area contributed by atoms with Crippen LogP contribution in [0.2, 0.25) is 0 Å². The molecule has 3 aromatic carbocycles. The van der Waals surface area contributed by atoms with Crippen LogP contribution in [0.3, 0.4) is 0 Å². The van der Waals surface area contributed by atoms with Crippen molar-refractivity contribution in [2.45, 2.75) is 43.7 Å². The van der Waals surface area contributed by atoms with Crippen molar-refractivity contribution in [3.05, 3.63) is 101 Å². The Morgan fingerprint density at radius 3 is 2.70 bits per heavy atom. The number of anilines is 2. The molecule has 2 saturated heterocycles. The van der Waals surface area contributed by atoms with Crippen molar-refractivity contribution in [2.75, 3.05) is 23.8 Å². The van der Waals surface area contributed by atoms with Crippen molar-refractivity contribution >= 4 is 29.0 Å². The number of ketones is 1. The van der Waals surface area contributed by atoms with Crippen LogP contribution in [0.4, 0.5) is 11.4 Å². The van der Waals surface area contributed by atoms with E-state index in [2.05, 4.69) is 22.1 Å². The van der Waals surface area contributed by atoms with Crippen LogP contribution in [-0.2, 0) is 20.5 Å². The van der Waals surface area contributed by atoms with Crippen molar-refractivity contribution in [3.63, 3.8) is 0 Å². The highest BCUT2D eigenvalue weighted by atomic mass is 16.5. The lowest BCUT2D eigenvalue weighted by Gasteiger charge is -2.43. The summed E-state index contributed by atoms with van der Waals surface area (Å²) in [6.45, 7) is 8.65. The van der Waals surface area contributed by atoms with Crippen LogP contribution in [-0.4, -0.2) is 41.7 Å². The van der Waals surface area contributed by atoms with E-state index in [0.29, 0.717) is 35.7 Å². The van der Waals surface area contributed by atoms with E-state index in [4.69, 9.17) is 4.74 Å². The molecule has 7 nitrogen and oxygen atoms in total. The van der Waals surface area contributed by atoms with Crippen LogP contribution in [0.15, 0.2) is 73.3 Å². The lowest BCUT2D eigenvalue weighted by atomic mass is 9.57. The number of fused-ring (bicyclic) bond motifs is 7. The number of Topliss-reactive ketones (excluding diaryl/α,β-unsaturated/α-hetero) is 1. The van der Waals surface area contributed by atoms with Crippen LogP contribution >= 0.6 is 0 Å². The number of carbonyl (C=O) groups excluding carboxylic acids is 3. The number of para-hydroxylation sites is 1. The van der Waals surface area contributed by atoms with Gasteiger partial charge in [0, 0.05) is 28.5 Å². The lowest BCUT2D eigenvalue weighted by molar-refractivity contribution is -0.137.